The van der Waals surface area contributed by atoms with Crippen LogP contribution in [0.4, 0.5) is 5.00 Å². The van der Waals surface area contributed by atoms with Crippen LogP contribution >= 0.6 is 23.6 Å². The minimum atomic E-state index is -0.301. The molecule has 2 heterocycles. The van der Waals surface area contributed by atoms with Gasteiger partial charge in [-0.25, -0.2) is 4.79 Å². The van der Waals surface area contributed by atoms with Crippen molar-refractivity contribution in [3.8, 4) is 0 Å². The maximum absolute atomic E-state index is 12.2. The van der Waals surface area contributed by atoms with Crippen molar-refractivity contribution < 1.29 is 9.53 Å². The first-order chi connectivity index (χ1) is 12.0. The van der Waals surface area contributed by atoms with Crippen LogP contribution in [0, 0.1) is 6.92 Å². The normalized spacial score (nSPS) is 12.8. The summed E-state index contributed by atoms with van der Waals surface area (Å²) >= 11 is 7.01. The number of thiocarbonyl (C=S) groups is 1. The molecule has 0 saturated carbocycles. The summed E-state index contributed by atoms with van der Waals surface area (Å²) in [6, 6.07) is 0. The van der Waals surface area contributed by atoms with Gasteiger partial charge in [0.05, 0.1) is 18.9 Å². The summed E-state index contributed by atoms with van der Waals surface area (Å²) < 4.78 is 6.91. The number of nitrogens with one attached hydrogen (secondary N) is 2. The maximum atomic E-state index is 12.2. The minimum Gasteiger partial charge on any atom is -0.465 e. The van der Waals surface area contributed by atoms with Crippen LogP contribution in [0.3, 0.4) is 0 Å². The Kier molecular flexibility index (Phi) is 5.39. The Bertz CT molecular complexity index is 810. The molecule has 2 N–H and O–H groups in total. The molecular formula is C17H22N4O2S2. The van der Waals surface area contributed by atoms with E-state index >= 15 is 0 Å². The Morgan fingerprint density at radius 3 is 2.96 bits per heavy atom. The zero-order valence-corrected chi connectivity index (χ0v) is 16.3. The number of rotatable bonds is 5. The second kappa shape index (κ2) is 7.53. The molecule has 0 fully saturated rings. The zero-order chi connectivity index (χ0) is 18.0. The van der Waals surface area contributed by atoms with Gasteiger partial charge in [-0.3, -0.25) is 4.68 Å². The van der Waals surface area contributed by atoms with E-state index in [2.05, 4.69) is 22.7 Å². The molecule has 2 aromatic heterocycles. The fourth-order valence-corrected chi connectivity index (χ4v) is 4.63. The number of anilines is 1. The molecule has 3 rings (SSSR count). The van der Waals surface area contributed by atoms with E-state index in [4.69, 9.17) is 17.0 Å². The largest absolute Gasteiger partial charge is 0.465 e. The number of carbonyl (C=O) groups is 1. The molecule has 0 radical (unpaired) electrons. The van der Waals surface area contributed by atoms with Gasteiger partial charge in [-0.2, -0.15) is 5.10 Å². The van der Waals surface area contributed by atoms with Crippen molar-refractivity contribution in [2.45, 2.75) is 46.2 Å². The first-order valence-electron chi connectivity index (χ1n) is 8.34. The number of methoxy groups -OCH3 is 1. The number of aromatic nitrogens is 2. The second-order valence-corrected chi connectivity index (χ2v) is 7.45. The van der Waals surface area contributed by atoms with E-state index in [9.17, 15) is 4.79 Å². The molecule has 2 aromatic rings. The number of aryl methyl sites for hydroxylation is 2. The highest BCUT2D eigenvalue weighted by Gasteiger charge is 2.27. The number of ether oxygens (including phenoxy) is 1. The highest BCUT2D eigenvalue weighted by Crippen LogP contribution is 2.39. The van der Waals surface area contributed by atoms with E-state index in [0.717, 1.165) is 47.6 Å². The molecule has 1 aliphatic rings. The van der Waals surface area contributed by atoms with E-state index < -0.39 is 0 Å². The molecule has 25 heavy (non-hydrogen) atoms. The van der Waals surface area contributed by atoms with Gasteiger partial charge in [-0.05, 0) is 50.9 Å². The number of carbonyl (C=O) groups excluding carboxylic acids is 1. The fraction of sp³-hybridized carbons (Fsp3) is 0.471. The lowest BCUT2D eigenvalue weighted by atomic mass is 10.1. The Hall–Kier alpha value is -1.93. The van der Waals surface area contributed by atoms with Gasteiger partial charge in [-0.1, -0.05) is 0 Å². The zero-order valence-electron chi connectivity index (χ0n) is 14.6. The number of hydrogen-bond donors (Lipinski definition) is 2. The third kappa shape index (κ3) is 3.55. The SMILES string of the molecule is CCn1ncc(CNC(=S)Nc2sc3c(c2C(=O)OC)CCC3)c1C. The molecule has 6 nitrogen and oxygen atoms in total. The Labute approximate surface area is 156 Å². The summed E-state index contributed by atoms with van der Waals surface area (Å²) in [5.41, 5.74) is 3.98. The number of thiophene rings is 1. The molecule has 0 bridgehead atoms. The molecule has 0 atom stereocenters. The van der Waals surface area contributed by atoms with Gasteiger partial charge in [-0.15, -0.1) is 11.3 Å². The molecule has 0 saturated heterocycles. The van der Waals surface area contributed by atoms with Gasteiger partial charge in [0, 0.05) is 29.2 Å². The molecule has 0 aromatic carbocycles. The first kappa shape index (κ1) is 17.9. The topological polar surface area (TPSA) is 68.2 Å². The summed E-state index contributed by atoms with van der Waals surface area (Å²) in [6.45, 7) is 5.55. The fourth-order valence-electron chi connectivity index (χ4n) is 3.11. The summed E-state index contributed by atoms with van der Waals surface area (Å²) in [6.07, 6.45) is 4.89. The van der Waals surface area contributed by atoms with Crippen LogP contribution in [-0.4, -0.2) is 28.0 Å². The van der Waals surface area contributed by atoms with Crippen LogP contribution in [-0.2, 0) is 30.7 Å². The van der Waals surface area contributed by atoms with Crippen LogP contribution in [0.1, 0.15) is 45.4 Å². The monoisotopic (exact) mass is 378 g/mol. The van der Waals surface area contributed by atoms with E-state index in [-0.39, 0.29) is 5.97 Å². The first-order valence-corrected chi connectivity index (χ1v) is 9.56. The molecule has 8 heteroatoms. The smallest absolute Gasteiger partial charge is 0.341 e. The lowest BCUT2D eigenvalue weighted by Crippen LogP contribution is -2.28. The minimum absolute atomic E-state index is 0.301. The standard InChI is InChI=1S/C17H22N4O2S2/c1-4-21-10(2)11(9-19-21)8-18-17(24)20-15-14(16(22)23-3)12-6-5-7-13(12)25-15/h9H,4-8H2,1-3H3,(H2,18,20,24). The van der Waals surface area contributed by atoms with Crippen molar-refractivity contribution in [3.05, 3.63) is 33.5 Å². The molecule has 1 aliphatic carbocycles. The van der Waals surface area contributed by atoms with Gasteiger partial charge in [0.1, 0.15) is 5.00 Å². The van der Waals surface area contributed by atoms with Crippen LogP contribution < -0.4 is 10.6 Å². The summed E-state index contributed by atoms with van der Waals surface area (Å²) in [5.74, 6) is -0.301. The average molecular weight is 379 g/mol. The van der Waals surface area contributed by atoms with Crippen molar-refractivity contribution in [3.63, 3.8) is 0 Å². The van der Waals surface area contributed by atoms with E-state index in [1.807, 2.05) is 17.8 Å². The molecule has 0 unspecified atom stereocenters. The van der Waals surface area contributed by atoms with Crippen LogP contribution in [0.25, 0.3) is 0 Å². The Morgan fingerprint density at radius 2 is 2.28 bits per heavy atom. The summed E-state index contributed by atoms with van der Waals surface area (Å²) in [5, 5.41) is 12.0. The van der Waals surface area contributed by atoms with Crippen LogP contribution in [0.2, 0.25) is 0 Å². The molecule has 0 spiro atoms. The number of hydrogen-bond acceptors (Lipinski definition) is 5. The summed E-state index contributed by atoms with van der Waals surface area (Å²) in [4.78, 5) is 13.4. The highest BCUT2D eigenvalue weighted by molar-refractivity contribution is 7.80. The Morgan fingerprint density at radius 1 is 1.48 bits per heavy atom. The lowest BCUT2D eigenvalue weighted by Gasteiger charge is -2.11. The van der Waals surface area contributed by atoms with Gasteiger partial charge in [0.15, 0.2) is 5.11 Å². The molecule has 0 aliphatic heterocycles. The quantitative estimate of drug-likeness (QED) is 0.616. The van der Waals surface area contributed by atoms with E-state index in [1.54, 1.807) is 11.3 Å². The molecule has 134 valence electrons. The van der Waals surface area contributed by atoms with Crippen molar-refractivity contribution in [2.75, 3.05) is 12.4 Å². The number of fused-ring (bicyclic) bond motifs is 1. The van der Waals surface area contributed by atoms with E-state index in [1.165, 1.54) is 12.0 Å². The molecular weight excluding hydrogens is 356 g/mol. The van der Waals surface area contributed by atoms with Crippen molar-refractivity contribution in [2.24, 2.45) is 0 Å². The predicted molar refractivity (Wildman–Crippen MR) is 103 cm³/mol. The van der Waals surface area contributed by atoms with Gasteiger partial charge < -0.3 is 15.4 Å². The highest BCUT2D eigenvalue weighted by atomic mass is 32.1. The lowest BCUT2D eigenvalue weighted by molar-refractivity contribution is 0.0601. The van der Waals surface area contributed by atoms with Gasteiger partial charge in [0.2, 0.25) is 0 Å². The maximum Gasteiger partial charge on any atom is 0.341 e. The van der Waals surface area contributed by atoms with Crippen molar-refractivity contribution in [1.29, 1.82) is 0 Å². The van der Waals surface area contributed by atoms with Gasteiger partial charge in [0.25, 0.3) is 0 Å². The third-order valence-electron chi connectivity index (χ3n) is 4.48. The molecule has 0 amide bonds. The number of nitrogens with zero attached hydrogens (tertiary/aromatic N) is 2. The Balaban J connectivity index is 1.69. The van der Waals surface area contributed by atoms with Gasteiger partial charge >= 0.3 is 5.97 Å². The van der Waals surface area contributed by atoms with Crippen LogP contribution in [0.5, 0.6) is 0 Å². The average Bonchev–Trinajstić information content (AvgIpc) is 3.27. The van der Waals surface area contributed by atoms with E-state index in [0.29, 0.717) is 17.2 Å². The summed E-state index contributed by atoms with van der Waals surface area (Å²) in [7, 11) is 1.41. The van der Waals surface area contributed by atoms with Crippen molar-refractivity contribution in [1.82, 2.24) is 15.1 Å². The number of esters is 1. The van der Waals surface area contributed by atoms with Crippen LogP contribution in [0.15, 0.2) is 6.20 Å². The van der Waals surface area contributed by atoms with Crippen molar-refractivity contribution >= 4 is 39.6 Å². The third-order valence-corrected chi connectivity index (χ3v) is 5.94. The second-order valence-electron chi connectivity index (χ2n) is 5.93. The predicted octanol–water partition coefficient (Wildman–Crippen LogP) is 3.03.